The number of aromatic nitrogens is 4. The molecule has 4 aromatic heterocycles. The first-order valence-corrected chi connectivity index (χ1v) is 14.0. The van der Waals surface area contributed by atoms with Gasteiger partial charge in [-0.2, -0.15) is 0 Å². The Morgan fingerprint density at radius 3 is 2.56 bits per heavy atom. The number of nitrogens with zero attached hydrogens (tertiary/aromatic N) is 5. The quantitative estimate of drug-likeness (QED) is 0.297. The smallest absolute Gasteiger partial charge is 0.234 e. The maximum atomic E-state index is 12.8. The molecule has 3 N–H and O–H groups in total. The van der Waals surface area contributed by atoms with Crippen LogP contribution in [-0.4, -0.2) is 75.6 Å². The molecule has 5 heterocycles. The van der Waals surface area contributed by atoms with Crippen molar-refractivity contribution in [1.82, 2.24) is 30.2 Å². The fourth-order valence-corrected chi connectivity index (χ4v) is 5.87. The minimum atomic E-state index is 0.118. The third-order valence-corrected chi connectivity index (χ3v) is 7.91. The first-order chi connectivity index (χ1) is 19.1. The monoisotopic (exact) mass is 544 g/mol. The average molecular weight is 545 g/mol. The zero-order chi connectivity index (χ0) is 26.6. The highest BCUT2D eigenvalue weighted by molar-refractivity contribution is 6.29. The van der Waals surface area contributed by atoms with Gasteiger partial charge in [-0.25, -0.2) is 15.0 Å². The van der Waals surface area contributed by atoms with E-state index in [0.717, 1.165) is 85.7 Å². The van der Waals surface area contributed by atoms with Gasteiger partial charge in [0.15, 0.2) is 0 Å². The fraction of sp³-hybridized carbons (Fsp3) is 0.379. The molecule has 0 atom stereocenters. The zero-order valence-corrected chi connectivity index (χ0v) is 22.6. The van der Waals surface area contributed by atoms with E-state index in [0.29, 0.717) is 17.7 Å². The number of carbonyl (C=O) groups is 1. The lowest BCUT2D eigenvalue weighted by Crippen LogP contribution is -2.51. The Morgan fingerprint density at radius 1 is 0.974 bits per heavy atom. The van der Waals surface area contributed by atoms with E-state index in [9.17, 15) is 4.79 Å². The van der Waals surface area contributed by atoms with Gasteiger partial charge in [-0.05, 0) is 67.6 Å². The molecule has 1 saturated heterocycles. The lowest BCUT2D eigenvalue weighted by atomic mass is 9.91. The van der Waals surface area contributed by atoms with Crippen molar-refractivity contribution in [2.45, 2.75) is 37.8 Å². The third-order valence-electron chi connectivity index (χ3n) is 7.71. The zero-order valence-electron chi connectivity index (χ0n) is 21.8. The van der Waals surface area contributed by atoms with E-state index >= 15 is 0 Å². The topological polar surface area (TPSA) is 102 Å². The molecule has 4 aromatic rings. The SMILES string of the molecule is O=C(CN1CCN(c2ccccn2)CC1)NC1CCC(Nc2cc(-c3c[nH]c4ncccc34)cc(Cl)n2)CC1. The minimum Gasteiger partial charge on any atom is -0.367 e. The second-order valence-corrected chi connectivity index (χ2v) is 10.8. The van der Waals surface area contributed by atoms with Gasteiger partial charge in [-0.1, -0.05) is 17.7 Å². The van der Waals surface area contributed by atoms with E-state index in [1.165, 1.54) is 0 Å². The normalized spacial score (nSPS) is 20.2. The predicted molar refractivity (Wildman–Crippen MR) is 155 cm³/mol. The Hall–Kier alpha value is -3.69. The van der Waals surface area contributed by atoms with Crippen molar-refractivity contribution in [3.8, 4) is 11.1 Å². The van der Waals surface area contributed by atoms with E-state index in [-0.39, 0.29) is 11.9 Å². The second kappa shape index (κ2) is 11.6. The van der Waals surface area contributed by atoms with Crippen LogP contribution in [0.3, 0.4) is 0 Å². The Bertz CT molecular complexity index is 1410. The van der Waals surface area contributed by atoms with Crippen molar-refractivity contribution >= 4 is 40.2 Å². The van der Waals surface area contributed by atoms with E-state index in [2.05, 4.69) is 40.4 Å². The molecule has 202 valence electrons. The van der Waals surface area contributed by atoms with Gasteiger partial charge >= 0.3 is 0 Å². The highest BCUT2D eigenvalue weighted by Crippen LogP contribution is 2.31. The van der Waals surface area contributed by atoms with Crippen LogP contribution in [0.25, 0.3) is 22.2 Å². The van der Waals surface area contributed by atoms with Crippen molar-refractivity contribution in [3.05, 3.63) is 66.2 Å². The van der Waals surface area contributed by atoms with Gasteiger partial charge in [0, 0.05) is 67.8 Å². The molecule has 0 bridgehead atoms. The molecule has 2 aliphatic rings. The van der Waals surface area contributed by atoms with Gasteiger partial charge in [0.05, 0.1) is 6.54 Å². The molecule has 6 rings (SSSR count). The number of nitrogens with one attached hydrogen (secondary N) is 3. The fourth-order valence-electron chi connectivity index (χ4n) is 5.66. The average Bonchev–Trinajstić information content (AvgIpc) is 3.39. The van der Waals surface area contributed by atoms with Crippen molar-refractivity contribution in [2.24, 2.45) is 0 Å². The molecule has 10 heteroatoms. The molecule has 1 amide bonds. The number of anilines is 2. The Labute approximate surface area is 233 Å². The van der Waals surface area contributed by atoms with Crippen LogP contribution in [0.4, 0.5) is 11.6 Å². The number of carbonyl (C=O) groups excluding carboxylic acids is 1. The summed E-state index contributed by atoms with van der Waals surface area (Å²) in [4.78, 5) is 33.8. The van der Waals surface area contributed by atoms with Crippen LogP contribution in [0.2, 0.25) is 5.15 Å². The molecule has 9 nitrogen and oxygen atoms in total. The number of halogens is 1. The number of hydrogen-bond donors (Lipinski definition) is 3. The van der Waals surface area contributed by atoms with Gasteiger partial charge in [0.25, 0.3) is 0 Å². The number of rotatable bonds is 7. The number of pyridine rings is 3. The van der Waals surface area contributed by atoms with Crippen LogP contribution < -0.4 is 15.5 Å². The first-order valence-electron chi connectivity index (χ1n) is 13.6. The summed E-state index contributed by atoms with van der Waals surface area (Å²) in [7, 11) is 0. The number of fused-ring (bicyclic) bond motifs is 1. The highest BCUT2D eigenvalue weighted by atomic mass is 35.5. The van der Waals surface area contributed by atoms with E-state index in [1.807, 2.05) is 54.9 Å². The van der Waals surface area contributed by atoms with Gasteiger partial charge < -0.3 is 20.5 Å². The number of amides is 1. The largest absolute Gasteiger partial charge is 0.367 e. The maximum Gasteiger partial charge on any atom is 0.234 e. The Balaban J connectivity index is 0.974. The summed E-state index contributed by atoms with van der Waals surface area (Å²) >= 11 is 6.40. The van der Waals surface area contributed by atoms with Gasteiger partial charge in [-0.3, -0.25) is 9.69 Å². The Morgan fingerprint density at radius 2 is 1.77 bits per heavy atom. The van der Waals surface area contributed by atoms with Gasteiger partial charge in [-0.15, -0.1) is 0 Å². The van der Waals surface area contributed by atoms with Crippen molar-refractivity contribution in [3.63, 3.8) is 0 Å². The molecule has 1 saturated carbocycles. The highest BCUT2D eigenvalue weighted by Gasteiger charge is 2.25. The molecule has 2 fully saturated rings. The molecule has 0 unspecified atom stereocenters. The van der Waals surface area contributed by atoms with E-state index in [1.54, 1.807) is 6.20 Å². The summed E-state index contributed by atoms with van der Waals surface area (Å²) in [6.45, 7) is 3.95. The van der Waals surface area contributed by atoms with Gasteiger partial charge in [0.2, 0.25) is 5.91 Å². The van der Waals surface area contributed by atoms with Gasteiger partial charge in [0.1, 0.15) is 22.4 Å². The molecule has 1 aliphatic heterocycles. The minimum absolute atomic E-state index is 0.118. The molecule has 0 aromatic carbocycles. The first kappa shape index (κ1) is 25.6. The number of piperazine rings is 1. The van der Waals surface area contributed by atoms with Crippen LogP contribution in [0.5, 0.6) is 0 Å². The van der Waals surface area contributed by atoms with Crippen molar-refractivity contribution in [1.29, 1.82) is 0 Å². The molecule has 0 radical (unpaired) electrons. The van der Waals surface area contributed by atoms with Crippen LogP contribution >= 0.6 is 11.6 Å². The summed E-state index contributed by atoms with van der Waals surface area (Å²) in [5.41, 5.74) is 2.90. The second-order valence-electron chi connectivity index (χ2n) is 10.4. The molecular weight excluding hydrogens is 512 g/mol. The lowest BCUT2D eigenvalue weighted by Gasteiger charge is -2.35. The summed E-state index contributed by atoms with van der Waals surface area (Å²) in [6, 6.07) is 14.4. The lowest BCUT2D eigenvalue weighted by molar-refractivity contribution is -0.123. The van der Waals surface area contributed by atoms with Crippen molar-refractivity contribution in [2.75, 3.05) is 42.9 Å². The summed E-state index contributed by atoms with van der Waals surface area (Å²) in [5.74, 6) is 1.89. The standard InChI is InChI=1S/C29H33ClN8O/c30-25-16-20(24-18-33-29-23(24)4-3-11-32-29)17-26(36-25)34-21-6-8-22(9-7-21)35-28(39)19-37-12-14-38(15-13-37)27-5-1-2-10-31-27/h1-5,10-11,16-18,21-22H,6-9,12-15,19H2,(H,32,33)(H,34,36)(H,35,39). The summed E-state index contributed by atoms with van der Waals surface area (Å²) < 4.78 is 0. The van der Waals surface area contributed by atoms with E-state index in [4.69, 9.17) is 11.6 Å². The number of hydrogen-bond acceptors (Lipinski definition) is 7. The van der Waals surface area contributed by atoms with Crippen LogP contribution in [0.15, 0.2) is 61.1 Å². The predicted octanol–water partition coefficient (Wildman–Crippen LogP) is 4.33. The molecule has 39 heavy (non-hydrogen) atoms. The molecule has 1 aliphatic carbocycles. The number of H-pyrrole nitrogens is 1. The molecule has 0 spiro atoms. The van der Waals surface area contributed by atoms with Crippen LogP contribution in [-0.2, 0) is 4.79 Å². The number of aromatic amines is 1. The van der Waals surface area contributed by atoms with Crippen LogP contribution in [0.1, 0.15) is 25.7 Å². The van der Waals surface area contributed by atoms with E-state index < -0.39 is 0 Å². The summed E-state index contributed by atoms with van der Waals surface area (Å²) in [6.07, 6.45) is 9.38. The Kier molecular flexibility index (Phi) is 7.60. The summed E-state index contributed by atoms with van der Waals surface area (Å²) in [5, 5.41) is 8.35. The maximum absolute atomic E-state index is 12.8. The van der Waals surface area contributed by atoms with Crippen LogP contribution in [0, 0.1) is 0 Å². The molecular formula is C29H33ClN8O. The van der Waals surface area contributed by atoms with Crippen molar-refractivity contribution < 1.29 is 4.79 Å². The third kappa shape index (κ3) is 6.15.